The fourth-order valence-electron chi connectivity index (χ4n) is 1.62. The molecular formula is C16H17O4Zn-. The van der Waals surface area contributed by atoms with Crippen LogP contribution in [0.1, 0.15) is 5.56 Å². The molecule has 0 amide bonds. The summed E-state index contributed by atoms with van der Waals surface area (Å²) in [4.78, 5) is 0. The fraction of sp³-hybridized carbons (Fsp3) is 0.188. The number of hydrogen-bond donors (Lipinski definition) is 1. The molecule has 0 saturated carbocycles. The Hall–Kier alpha value is -1.87. The van der Waals surface area contributed by atoms with Crippen molar-refractivity contribution < 1.29 is 38.8 Å². The van der Waals surface area contributed by atoms with Gasteiger partial charge in [0.25, 0.3) is 0 Å². The van der Waals surface area contributed by atoms with Crippen molar-refractivity contribution in [2.45, 2.75) is 0 Å². The molecular weight excluding hydrogens is 322 g/mol. The van der Waals surface area contributed by atoms with E-state index in [4.69, 9.17) is 14.2 Å². The van der Waals surface area contributed by atoms with Gasteiger partial charge < -0.3 is 19.3 Å². The predicted molar refractivity (Wildman–Crippen MR) is 76.5 cm³/mol. The Morgan fingerprint density at radius 2 is 1.43 bits per heavy atom. The maximum absolute atomic E-state index is 9.50. The third-order valence-corrected chi connectivity index (χ3v) is 2.74. The summed E-state index contributed by atoms with van der Waals surface area (Å²) >= 11 is 0. The van der Waals surface area contributed by atoms with Crippen LogP contribution in [0.15, 0.2) is 42.5 Å². The molecule has 0 spiro atoms. The molecule has 0 unspecified atom stereocenters. The molecule has 5 heteroatoms. The summed E-state index contributed by atoms with van der Waals surface area (Å²) in [5, 5.41) is 9.50. The Labute approximate surface area is 137 Å². The summed E-state index contributed by atoms with van der Waals surface area (Å²) < 4.78 is 16.1. The van der Waals surface area contributed by atoms with Crippen molar-refractivity contribution in [3.8, 4) is 23.0 Å². The molecule has 0 aliphatic carbocycles. The summed E-state index contributed by atoms with van der Waals surface area (Å²) in [6, 6.07) is 12.3. The maximum atomic E-state index is 9.50. The van der Waals surface area contributed by atoms with Gasteiger partial charge in [0.05, 0.1) is 12.9 Å². The van der Waals surface area contributed by atoms with E-state index in [-0.39, 0.29) is 25.2 Å². The van der Waals surface area contributed by atoms with Crippen molar-refractivity contribution >= 4 is 0 Å². The molecule has 0 atom stereocenters. The number of phenols is 1. The third kappa shape index (κ3) is 5.20. The van der Waals surface area contributed by atoms with Gasteiger partial charge in [0.2, 0.25) is 0 Å². The minimum atomic E-state index is 0. The second-order valence-electron chi connectivity index (χ2n) is 4.16. The van der Waals surface area contributed by atoms with Crippen LogP contribution in [0.2, 0.25) is 0 Å². The molecule has 0 aliphatic rings. The van der Waals surface area contributed by atoms with Crippen LogP contribution < -0.4 is 14.2 Å². The Bertz CT molecular complexity index is 555. The van der Waals surface area contributed by atoms with Crippen molar-refractivity contribution in [1.29, 1.82) is 0 Å². The minimum absolute atomic E-state index is 0. The SMILES string of the molecule is [CH2-]c1ccc(OCCOc2ccc(OC)cc2)cc1O.[Zn]. The summed E-state index contributed by atoms with van der Waals surface area (Å²) in [6.45, 7) is 4.48. The number of ether oxygens (including phenoxy) is 3. The normalized spacial score (nSPS) is 9.57. The molecule has 0 radical (unpaired) electrons. The van der Waals surface area contributed by atoms with E-state index >= 15 is 0 Å². The Kier molecular flexibility index (Phi) is 6.90. The van der Waals surface area contributed by atoms with Crippen LogP contribution in [0.4, 0.5) is 0 Å². The van der Waals surface area contributed by atoms with Crippen LogP contribution in [0, 0.1) is 6.92 Å². The van der Waals surface area contributed by atoms with E-state index in [1.807, 2.05) is 24.3 Å². The minimum Gasteiger partial charge on any atom is -0.565 e. The molecule has 0 fully saturated rings. The Morgan fingerprint density at radius 1 is 0.905 bits per heavy atom. The van der Waals surface area contributed by atoms with Gasteiger partial charge in [-0.25, -0.2) is 0 Å². The predicted octanol–water partition coefficient (Wildman–Crippen LogP) is 3.04. The molecule has 0 aliphatic heterocycles. The summed E-state index contributed by atoms with van der Waals surface area (Å²) in [5.41, 5.74) is 0.576. The molecule has 108 valence electrons. The third-order valence-electron chi connectivity index (χ3n) is 2.74. The van der Waals surface area contributed by atoms with Gasteiger partial charge in [0.15, 0.2) is 0 Å². The molecule has 0 heterocycles. The zero-order valence-corrected chi connectivity index (χ0v) is 15.0. The van der Waals surface area contributed by atoms with Gasteiger partial charge in [0.1, 0.15) is 24.7 Å². The second-order valence-corrected chi connectivity index (χ2v) is 4.16. The first-order valence-electron chi connectivity index (χ1n) is 6.23. The van der Waals surface area contributed by atoms with Gasteiger partial charge in [-0.1, -0.05) is 6.07 Å². The van der Waals surface area contributed by atoms with Crippen LogP contribution in [0.3, 0.4) is 0 Å². The molecule has 4 nitrogen and oxygen atoms in total. The van der Waals surface area contributed by atoms with E-state index in [9.17, 15) is 5.11 Å². The molecule has 2 aromatic carbocycles. The molecule has 0 aromatic heterocycles. The molecule has 2 rings (SSSR count). The monoisotopic (exact) mass is 337 g/mol. The number of hydrogen-bond acceptors (Lipinski definition) is 4. The van der Waals surface area contributed by atoms with E-state index in [0.29, 0.717) is 24.5 Å². The topological polar surface area (TPSA) is 47.9 Å². The van der Waals surface area contributed by atoms with E-state index in [1.165, 1.54) is 6.07 Å². The van der Waals surface area contributed by atoms with E-state index < -0.39 is 0 Å². The van der Waals surface area contributed by atoms with Crippen LogP contribution in [0.25, 0.3) is 0 Å². The average molecular weight is 339 g/mol. The molecule has 0 saturated heterocycles. The first-order valence-corrected chi connectivity index (χ1v) is 6.23. The van der Waals surface area contributed by atoms with Crippen LogP contribution in [0.5, 0.6) is 23.0 Å². The van der Waals surface area contributed by atoms with Gasteiger partial charge in [-0.3, -0.25) is 0 Å². The number of methoxy groups -OCH3 is 1. The maximum Gasteiger partial charge on any atom is 0.122 e. The van der Waals surface area contributed by atoms with Gasteiger partial charge in [-0.05, 0) is 30.3 Å². The average Bonchev–Trinajstić information content (AvgIpc) is 2.48. The van der Waals surface area contributed by atoms with Gasteiger partial charge in [-0.2, -0.15) is 18.6 Å². The van der Waals surface area contributed by atoms with Crippen LogP contribution in [-0.4, -0.2) is 25.4 Å². The second kappa shape index (κ2) is 8.43. The fourth-order valence-corrected chi connectivity index (χ4v) is 1.62. The van der Waals surface area contributed by atoms with Gasteiger partial charge in [0, 0.05) is 25.2 Å². The summed E-state index contributed by atoms with van der Waals surface area (Å²) in [7, 11) is 1.62. The zero-order chi connectivity index (χ0) is 14.4. The van der Waals surface area contributed by atoms with Crippen LogP contribution in [-0.2, 0) is 19.5 Å². The number of phenolic OH excluding ortho intramolecular Hbond substituents is 1. The van der Waals surface area contributed by atoms with Crippen molar-refractivity contribution in [3.05, 3.63) is 55.0 Å². The standard InChI is InChI=1S/C16H17O4.Zn/c1-12-3-4-15(11-16(12)17)20-10-9-19-14-7-5-13(18-2)6-8-14;/h3-8,11,17H,1,9-10H2,2H3;/q-1;. The number of rotatable bonds is 6. The van der Waals surface area contributed by atoms with E-state index in [2.05, 4.69) is 6.92 Å². The smallest absolute Gasteiger partial charge is 0.122 e. The van der Waals surface area contributed by atoms with Gasteiger partial charge >= 0.3 is 0 Å². The Balaban J connectivity index is 0.00000220. The van der Waals surface area contributed by atoms with Gasteiger partial charge in [-0.15, -0.1) is 0 Å². The quantitative estimate of drug-likeness (QED) is 0.499. The summed E-state index contributed by atoms with van der Waals surface area (Å²) in [6.07, 6.45) is 0. The summed E-state index contributed by atoms with van der Waals surface area (Å²) in [5.74, 6) is 2.26. The molecule has 0 bridgehead atoms. The molecule has 21 heavy (non-hydrogen) atoms. The van der Waals surface area contributed by atoms with Crippen molar-refractivity contribution in [3.63, 3.8) is 0 Å². The largest absolute Gasteiger partial charge is 0.565 e. The van der Waals surface area contributed by atoms with Crippen LogP contribution >= 0.6 is 0 Å². The van der Waals surface area contributed by atoms with E-state index in [1.54, 1.807) is 19.2 Å². The van der Waals surface area contributed by atoms with Crippen molar-refractivity contribution in [2.24, 2.45) is 0 Å². The van der Waals surface area contributed by atoms with E-state index in [0.717, 1.165) is 11.5 Å². The number of aromatic hydroxyl groups is 1. The number of benzene rings is 2. The van der Waals surface area contributed by atoms with Crippen molar-refractivity contribution in [2.75, 3.05) is 20.3 Å². The zero-order valence-electron chi connectivity index (χ0n) is 12.0. The Morgan fingerprint density at radius 3 is 2.00 bits per heavy atom. The van der Waals surface area contributed by atoms with Crippen molar-refractivity contribution in [1.82, 2.24) is 0 Å². The first kappa shape index (κ1) is 17.2. The molecule has 1 N–H and O–H groups in total. The first-order chi connectivity index (χ1) is 9.69. The molecule has 2 aromatic rings.